The number of aromatic amines is 1. The van der Waals surface area contributed by atoms with Crippen LogP contribution in [0.15, 0.2) is 51.8 Å². The van der Waals surface area contributed by atoms with Gasteiger partial charge >= 0.3 is 0 Å². The number of aryl methyl sites for hydroxylation is 1. The minimum atomic E-state index is -3.70. The maximum Gasteiger partial charge on any atom is 0.283 e. The fourth-order valence-electron chi connectivity index (χ4n) is 2.89. The lowest BCUT2D eigenvalue weighted by Crippen LogP contribution is -2.01. The minimum Gasteiger partial charge on any atom is -0.358 e. The molecule has 0 aliphatic carbocycles. The zero-order valence-electron chi connectivity index (χ0n) is 11.6. The normalized spacial score (nSPS) is 15.8. The number of nitrogens with zero attached hydrogens (tertiary/aromatic N) is 1. The van der Waals surface area contributed by atoms with Gasteiger partial charge in [-0.1, -0.05) is 18.2 Å². The second kappa shape index (κ2) is 4.27. The van der Waals surface area contributed by atoms with Gasteiger partial charge in [-0.15, -0.1) is 0 Å². The maximum absolute atomic E-state index is 13.6. The van der Waals surface area contributed by atoms with E-state index in [0.29, 0.717) is 22.2 Å². The molecule has 2 aromatic carbocycles. The molecule has 3 aromatic rings. The number of rotatable bonds is 1. The highest BCUT2D eigenvalue weighted by molar-refractivity contribution is 7.90. The molecule has 0 fully saturated rings. The second-order valence-electron chi connectivity index (χ2n) is 5.23. The van der Waals surface area contributed by atoms with Crippen molar-refractivity contribution in [2.24, 2.45) is 4.40 Å². The number of H-pyrrole nitrogens is 1. The summed E-state index contributed by atoms with van der Waals surface area (Å²) in [7, 11) is -3.70. The van der Waals surface area contributed by atoms with Gasteiger partial charge in [-0.2, -0.15) is 12.8 Å². The van der Waals surface area contributed by atoms with Gasteiger partial charge < -0.3 is 4.98 Å². The highest BCUT2D eigenvalue weighted by atomic mass is 32.2. The number of halogens is 1. The molecule has 2 heterocycles. The van der Waals surface area contributed by atoms with Crippen molar-refractivity contribution in [2.75, 3.05) is 0 Å². The molecular weight excluding hydrogens is 303 g/mol. The van der Waals surface area contributed by atoms with Crippen molar-refractivity contribution in [3.8, 4) is 0 Å². The molecule has 0 atom stereocenters. The summed E-state index contributed by atoms with van der Waals surface area (Å²) >= 11 is 0. The van der Waals surface area contributed by atoms with E-state index in [1.807, 2.05) is 6.92 Å². The first-order valence-electron chi connectivity index (χ1n) is 6.70. The molecule has 6 heteroatoms. The summed E-state index contributed by atoms with van der Waals surface area (Å²) in [5.41, 5.74) is 3.05. The molecule has 0 bridgehead atoms. The quantitative estimate of drug-likeness (QED) is 0.750. The number of benzene rings is 2. The minimum absolute atomic E-state index is 0.190. The molecule has 1 aliphatic heterocycles. The highest BCUT2D eigenvalue weighted by Gasteiger charge is 2.31. The van der Waals surface area contributed by atoms with Crippen molar-refractivity contribution in [2.45, 2.75) is 11.8 Å². The first-order valence-corrected chi connectivity index (χ1v) is 8.14. The molecule has 22 heavy (non-hydrogen) atoms. The zero-order valence-corrected chi connectivity index (χ0v) is 12.4. The molecule has 1 N–H and O–H groups in total. The smallest absolute Gasteiger partial charge is 0.283 e. The molecule has 1 aliphatic rings. The van der Waals surface area contributed by atoms with Gasteiger partial charge in [-0.3, -0.25) is 0 Å². The lowest BCUT2D eigenvalue weighted by atomic mass is 9.99. The van der Waals surface area contributed by atoms with Crippen molar-refractivity contribution < 1.29 is 12.8 Å². The Balaban J connectivity index is 2.09. The third-order valence-corrected chi connectivity index (χ3v) is 5.15. The molecule has 4 nitrogen and oxygen atoms in total. The van der Waals surface area contributed by atoms with Crippen molar-refractivity contribution in [1.29, 1.82) is 0 Å². The van der Waals surface area contributed by atoms with Crippen LogP contribution < -0.4 is 0 Å². The summed E-state index contributed by atoms with van der Waals surface area (Å²) in [4.78, 5) is 3.34. The summed E-state index contributed by atoms with van der Waals surface area (Å²) in [6, 6.07) is 11.1. The van der Waals surface area contributed by atoms with Gasteiger partial charge in [0.05, 0.1) is 10.6 Å². The van der Waals surface area contributed by atoms with Crippen LogP contribution in [-0.2, 0) is 10.0 Å². The first-order chi connectivity index (χ1) is 10.5. The SMILES string of the molecule is Cc1[nH]c2ccc(F)cc2c1C1=NS(=O)(=O)c2ccccc21. The molecule has 0 amide bonds. The molecule has 0 radical (unpaired) electrons. The van der Waals surface area contributed by atoms with E-state index in [-0.39, 0.29) is 10.7 Å². The molecule has 4 rings (SSSR count). The number of sulfonamides is 1. The van der Waals surface area contributed by atoms with Crippen LogP contribution in [0.1, 0.15) is 16.8 Å². The lowest BCUT2D eigenvalue weighted by molar-refractivity contribution is 0.599. The third-order valence-electron chi connectivity index (χ3n) is 3.82. The largest absolute Gasteiger partial charge is 0.358 e. The van der Waals surface area contributed by atoms with Gasteiger partial charge in [-0.25, -0.2) is 4.39 Å². The number of hydrogen-bond acceptors (Lipinski definition) is 2. The van der Waals surface area contributed by atoms with Crippen molar-refractivity contribution >= 4 is 26.6 Å². The molecule has 110 valence electrons. The molecule has 0 saturated carbocycles. The van der Waals surface area contributed by atoms with E-state index >= 15 is 0 Å². The number of hydrogen-bond donors (Lipinski definition) is 1. The van der Waals surface area contributed by atoms with Gasteiger partial charge in [0.2, 0.25) is 0 Å². The Kier molecular flexibility index (Phi) is 2.56. The van der Waals surface area contributed by atoms with Crippen LogP contribution in [-0.4, -0.2) is 19.1 Å². The number of aromatic nitrogens is 1. The molecular formula is C16H11FN2O2S. The summed E-state index contributed by atoms with van der Waals surface area (Å²) in [5.74, 6) is -0.373. The highest BCUT2D eigenvalue weighted by Crippen LogP contribution is 2.33. The molecule has 0 spiro atoms. The van der Waals surface area contributed by atoms with E-state index < -0.39 is 10.0 Å². The van der Waals surface area contributed by atoms with Gasteiger partial charge in [0, 0.05) is 27.7 Å². The van der Waals surface area contributed by atoms with E-state index in [0.717, 1.165) is 11.2 Å². The third kappa shape index (κ3) is 1.74. The Morgan fingerprint density at radius 1 is 1.14 bits per heavy atom. The van der Waals surface area contributed by atoms with E-state index in [2.05, 4.69) is 9.38 Å². The first kappa shape index (κ1) is 13.2. The van der Waals surface area contributed by atoms with Crippen LogP contribution >= 0.6 is 0 Å². The summed E-state index contributed by atoms with van der Waals surface area (Å²) in [6.45, 7) is 1.82. The van der Waals surface area contributed by atoms with Gasteiger partial charge in [0.15, 0.2) is 0 Å². The zero-order chi connectivity index (χ0) is 15.5. The van der Waals surface area contributed by atoms with Crippen molar-refractivity contribution in [3.05, 3.63) is 65.1 Å². The van der Waals surface area contributed by atoms with E-state index in [1.165, 1.54) is 18.2 Å². The molecule has 1 aromatic heterocycles. The molecule has 0 unspecified atom stereocenters. The van der Waals surface area contributed by atoms with Crippen molar-refractivity contribution in [1.82, 2.24) is 4.98 Å². The van der Waals surface area contributed by atoms with Gasteiger partial charge in [0.1, 0.15) is 5.82 Å². The predicted molar refractivity (Wildman–Crippen MR) is 82.3 cm³/mol. The van der Waals surface area contributed by atoms with Crippen molar-refractivity contribution in [3.63, 3.8) is 0 Å². The van der Waals surface area contributed by atoms with E-state index in [4.69, 9.17) is 0 Å². The Morgan fingerprint density at radius 3 is 2.73 bits per heavy atom. The van der Waals surface area contributed by atoms with E-state index in [1.54, 1.807) is 24.3 Å². The standard InChI is InChI=1S/C16H11FN2O2S/c1-9-15(12-8-10(17)6-7-13(12)18-9)16-11-4-2-3-5-14(11)22(20,21)19-16/h2-8,18H,1H3. The molecule has 0 saturated heterocycles. The topological polar surface area (TPSA) is 62.3 Å². The monoisotopic (exact) mass is 314 g/mol. The fraction of sp³-hybridized carbons (Fsp3) is 0.0625. The Hall–Kier alpha value is -2.47. The van der Waals surface area contributed by atoms with E-state index in [9.17, 15) is 12.8 Å². The van der Waals surface area contributed by atoms with Gasteiger partial charge in [0.25, 0.3) is 10.0 Å². The van der Waals surface area contributed by atoms with Crippen LogP contribution in [0.25, 0.3) is 10.9 Å². The van der Waals surface area contributed by atoms with Crippen LogP contribution in [0.3, 0.4) is 0 Å². The predicted octanol–water partition coefficient (Wildman–Crippen LogP) is 3.16. The summed E-state index contributed by atoms with van der Waals surface area (Å²) in [5, 5.41) is 0.628. The Labute approximate surface area is 126 Å². The fourth-order valence-corrected chi connectivity index (χ4v) is 4.11. The van der Waals surface area contributed by atoms with Crippen LogP contribution in [0.4, 0.5) is 4.39 Å². The number of fused-ring (bicyclic) bond motifs is 2. The average molecular weight is 314 g/mol. The number of nitrogens with one attached hydrogen (secondary N) is 1. The lowest BCUT2D eigenvalue weighted by Gasteiger charge is -2.02. The second-order valence-corrected chi connectivity index (χ2v) is 6.80. The summed E-state index contributed by atoms with van der Waals surface area (Å²) in [6.07, 6.45) is 0. The van der Waals surface area contributed by atoms with Gasteiger partial charge in [-0.05, 0) is 31.2 Å². The Bertz CT molecular complexity index is 1060. The van der Waals surface area contributed by atoms with Crippen LogP contribution in [0, 0.1) is 12.7 Å². The van der Waals surface area contributed by atoms with Crippen LogP contribution in [0.2, 0.25) is 0 Å². The van der Waals surface area contributed by atoms with Crippen LogP contribution in [0.5, 0.6) is 0 Å². The maximum atomic E-state index is 13.6. The summed E-state index contributed by atoms with van der Waals surface area (Å²) < 4.78 is 41.9. The average Bonchev–Trinajstić information content (AvgIpc) is 2.93. The Morgan fingerprint density at radius 2 is 1.91 bits per heavy atom.